The Labute approximate surface area is 152 Å². The van der Waals surface area contributed by atoms with Gasteiger partial charge in [0.05, 0.1) is 21.7 Å². The van der Waals surface area contributed by atoms with Crippen LogP contribution in [0.3, 0.4) is 0 Å². The van der Waals surface area contributed by atoms with E-state index in [0.29, 0.717) is 10.9 Å². The van der Waals surface area contributed by atoms with Crippen molar-refractivity contribution in [1.82, 2.24) is 0 Å². The van der Waals surface area contributed by atoms with Crippen molar-refractivity contribution in [2.24, 2.45) is 5.92 Å². The van der Waals surface area contributed by atoms with Gasteiger partial charge in [0.15, 0.2) is 0 Å². The molecule has 4 rings (SSSR count). The number of anilines is 1. The molecular formula is C18H14BrClN2O2. The highest BCUT2D eigenvalue weighted by Crippen LogP contribution is 2.52. The van der Waals surface area contributed by atoms with E-state index in [1.807, 2.05) is 12.1 Å². The number of non-ortho nitro benzene ring substituents is 1. The zero-order chi connectivity index (χ0) is 16.8. The van der Waals surface area contributed by atoms with Crippen molar-refractivity contribution in [2.45, 2.75) is 18.4 Å². The summed E-state index contributed by atoms with van der Waals surface area (Å²) in [5.74, 6) is 0.476. The van der Waals surface area contributed by atoms with Gasteiger partial charge >= 0.3 is 0 Å². The summed E-state index contributed by atoms with van der Waals surface area (Å²) >= 11 is 9.83. The first-order valence-corrected chi connectivity index (χ1v) is 8.88. The van der Waals surface area contributed by atoms with Gasteiger partial charge in [-0.15, -0.1) is 0 Å². The number of rotatable bonds is 2. The quantitative estimate of drug-likeness (QED) is 0.388. The van der Waals surface area contributed by atoms with Crippen molar-refractivity contribution in [3.8, 4) is 0 Å². The van der Waals surface area contributed by atoms with Crippen LogP contribution in [0.25, 0.3) is 0 Å². The van der Waals surface area contributed by atoms with Gasteiger partial charge in [-0.05, 0) is 35.6 Å². The summed E-state index contributed by atoms with van der Waals surface area (Å²) in [4.78, 5) is 10.8. The monoisotopic (exact) mass is 404 g/mol. The van der Waals surface area contributed by atoms with Crippen molar-refractivity contribution < 1.29 is 4.92 Å². The fourth-order valence-electron chi connectivity index (χ4n) is 3.75. The Morgan fingerprint density at radius 2 is 2.00 bits per heavy atom. The van der Waals surface area contributed by atoms with E-state index in [-0.39, 0.29) is 22.6 Å². The van der Waals surface area contributed by atoms with Crippen molar-refractivity contribution in [3.05, 3.63) is 79.3 Å². The fraction of sp³-hybridized carbons (Fsp3) is 0.222. The summed E-state index contributed by atoms with van der Waals surface area (Å²) in [6.45, 7) is 0. The van der Waals surface area contributed by atoms with Gasteiger partial charge in [0, 0.05) is 22.5 Å². The molecule has 0 radical (unpaired) electrons. The van der Waals surface area contributed by atoms with Crippen molar-refractivity contribution in [2.75, 3.05) is 5.32 Å². The number of hydrogen-bond acceptors (Lipinski definition) is 3. The number of hydrogen-bond donors (Lipinski definition) is 1. The van der Waals surface area contributed by atoms with Gasteiger partial charge in [0.2, 0.25) is 0 Å². The van der Waals surface area contributed by atoms with E-state index in [4.69, 9.17) is 11.6 Å². The lowest BCUT2D eigenvalue weighted by molar-refractivity contribution is -0.384. The Kier molecular flexibility index (Phi) is 3.85. The third kappa shape index (κ3) is 2.52. The highest BCUT2D eigenvalue weighted by Gasteiger charge is 2.39. The summed E-state index contributed by atoms with van der Waals surface area (Å²) in [5, 5.41) is 15.1. The summed E-state index contributed by atoms with van der Waals surface area (Å²) in [6.07, 6.45) is 5.25. The van der Waals surface area contributed by atoms with E-state index in [1.54, 1.807) is 6.07 Å². The lowest BCUT2D eigenvalue weighted by Crippen LogP contribution is -2.29. The second kappa shape index (κ2) is 5.90. The first kappa shape index (κ1) is 15.7. The highest BCUT2D eigenvalue weighted by atomic mass is 79.9. The fourth-order valence-corrected chi connectivity index (χ4v) is 4.29. The lowest BCUT2D eigenvalue weighted by Gasteiger charge is -2.37. The molecule has 4 nitrogen and oxygen atoms in total. The summed E-state index contributed by atoms with van der Waals surface area (Å²) in [5.41, 5.74) is 2.96. The number of fused-ring (bicyclic) bond motifs is 3. The van der Waals surface area contributed by atoms with E-state index in [0.717, 1.165) is 22.1 Å². The molecular weight excluding hydrogens is 392 g/mol. The number of halogens is 2. The maximum atomic E-state index is 11.2. The first-order chi connectivity index (χ1) is 11.5. The minimum absolute atomic E-state index is 0.0432. The molecule has 0 amide bonds. The topological polar surface area (TPSA) is 55.2 Å². The third-order valence-electron chi connectivity index (χ3n) is 4.85. The van der Waals surface area contributed by atoms with E-state index >= 15 is 0 Å². The SMILES string of the molecule is O=[N+]([O-])c1cc(Cl)c2c(c1)[C@@H]1C=CC[C@@H]1[C@@H](c1ccc(Br)cc1)N2. The maximum Gasteiger partial charge on any atom is 0.271 e. The Morgan fingerprint density at radius 1 is 1.25 bits per heavy atom. The minimum atomic E-state index is -0.388. The number of allylic oxidation sites excluding steroid dienone is 2. The van der Waals surface area contributed by atoms with Gasteiger partial charge < -0.3 is 5.32 Å². The van der Waals surface area contributed by atoms with Gasteiger partial charge in [0.25, 0.3) is 5.69 Å². The molecule has 0 fully saturated rings. The molecule has 2 aromatic carbocycles. The molecule has 0 unspecified atom stereocenters. The Hall–Kier alpha value is -1.85. The van der Waals surface area contributed by atoms with Crippen LogP contribution in [0.15, 0.2) is 53.0 Å². The summed E-state index contributed by atoms with van der Waals surface area (Å²) in [7, 11) is 0. The summed E-state index contributed by atoms with van der Waals surface area (Å²) < 4.78 is 1.04. The van der Waals surface area contributed by atoms with Crippen molar-refractivity contribution in [1.29, 1.82) is 0 Å². The van der Waals surface area contributed by atoms with E-state index in [1.165, 1.54) is 11.6 Å². The number of nitro benzene ring substituents is 1. The second-order valence-electron chi connectivity index (χ2n) is 6.18. The van der Waals surface area contributed by atoms with Crippen LogP contribution in [0.4, 0.5) is 11.4 Å². The predicted molar refractivity (Wildman–Crippen MR) is 98.6 cm³/mol. The highest BCUT2D eigenvalue weighted by molar-refractivity contribution is 9.10. The largest absolute Gasteiger partial charge is 0.376 e. The molecule has 6 heteroatoms. The van der Waals surface area contributed by atoms with Gasteiger partial charge in [-0.2, -0.15) is 0 Å². The molecule has 0 saturated heterocycles. The Morgan fingerprint density at radius 3 is 2.71 bits per heavy atom. The molecule has 1 heterocycles. The predicted octanol–water partition coefficient (Wildman–Crippen LogP) is 5.84. The van der Waals surface area contributed by atoms with Gasteiger partial charge in [-0.1, -0.05) is 51.8 Å². The van der Waals surface area contributed by atoms with Gasteiger partial charge in [0.1, 0.15) is 0 Å². The molecule has 3 atom stereocenters. The molecule has 1 N–H and O–H groups in total. The molecule has 0 saturated carbocycles. The average Bonchev–Trinajstić information content (AvgIpc) is 3.05. The summed E-state index contributed by atoms with van der Waals surface area (Å²) in [6, 6.07) is 11.5. The zero-order valence-corrected chi connectivity index (χ0v) is 14.9. The Bertz CT molecular complexity index is 851. The van der Waals surface area contributed by atoms with Crippen LogP contribution in [0.2, 0.25) is 5.02 Å². The maximum absolute atomic E-state index is 11.2. The number of benzene rings is 2. The number of nitrogens with zero attached hydrogens (tertiary/aromatic N) is 1. The van der Waals surface area contributed by atoms with Gasteiger partial charge in [-0.25, -0.2) is 0 Å². The smallest absolute Gasteiger partial charge is 0.271 e. The van der Waals surface area contributed by atoms with Crippen LogP contribution in [0.1, 0.15) is 29.5 Å². The van der Waals surface area contributed by atoms with E-state index < -0.39 is 0 Å². The first-order valence-electron chi connectivity index (χ1n) is 7.71. The van der Waals surface area contributed by atoms with Crippen molar-refractivity contribution >= 4 is 38.9 Å². The molecule has 0 aromatic heterocycles. The minimum Gasteiger partial charge on any atom is -0.376 e. The van der Waals surface area contributed by atoms with Crippen LogP contribution in [0.5, 0.6) is 0 Å². The molecule has 24 heavy (non-hydrogen) atoms. The molecule has 1 aliphatic carbocycles. The van der Waals surface area contributed by atoms with Crippen LogP contribution in [-0.4, -0.2) is 4.92 Å². The standard InChI is InChI=1S/C18H14BrClN2O2/c19-11-6-4-10(5-7-11)17-14-3-1-2-13(14)15-8-12(22(23)24)9-16(20)18(15)21-17/h1-2,4-9,13-14,17,21H,3H2/t13-,14+,17-/m1/s1. The van der Waals surface area contributed by atoms with Gasteiger partial charge in [-0.3, -0.25) is 10.1 Å². The van der Waals surface area contributed by atoms with Crippen molar-refractivity contribution in [3.63, 3.8) is 0 Å². The van der Waals surface area contributed by atoms with Crippen LogP contribution >= 0.6 is 27.5 Å². The average molecular weight is 406 g/mol. The second-order valence-corrected chi connectivity index (χ2v) is 7.50. The lowest BCUT2D eigenvalue weighted by atomic mass is 9.77. The Balaban J connectivity index is 1.82. The molecule has 2 aliphatic rings. The number of nitro groups is 1. The molecule has 122 valence electrons. The van der Waals surface area contributed by atoms with E-state index in [9.17, 15) is 10.1 Å². The number of nitrogens with one attached hydrogen (secondary N) is 1. The van der Waals surface area contributed by atoms with E-state index in [2.05, 4.69) is 45.5 Å². The van der Waals surface area contributed by atoms with Crippen LogP contribution in [-0.2, 0) is 0 Å². The molecule has 1 aliphatic heterocycles. The van der Waals surface area contributed by atoms with Crippen LogP contribution in [0, 0.1) is 16.0 Å². The molecule has 2 aromatic rings. The molecule has 0 bridgehead atoms. The van der Waals surface area contributed by atoms with Crippen LogP contribution < -0.4 is 5.32 Å². The third-order valence-corrected chi connectivity index (χ3v) is 5.67. The molecule has 0 spiro atoms. The zero-order valence-electron chi connectivity index (χ0n) is 12.6. The normalized spacial score (nSPS) is 24.2.